The predicted octanol–water partition coefficient (Wildman–Crippen LogP) is 1.90. The summed E-state index contributed by atoms with van der Waals surface area (Å²) >= 11 is 0. The van der Waals surface area contributed by atoms with E-state index in [1.165, 1.54) is 12.0 Å². The Balaban J connectivity index is 2.26. The molecule has 0 radical (unpaired) electrons. The Kier molecular flexibility index (Phi) is 4.60. The van der Waals surface area contributed by atoms with E-state index in [0.717, 1.165) is 0 Å². The minimum atomic E-state index is -0.619. The van der Waals surface area contributed by atoms with E-state index in [-0.39, 0.29) is 24.7 Å². The summed E-state index contributed by atoms with van der Waals surface area (Å²) in [7, 11) is 1.33. The minimum Gasteiger partial charge on any atom is -0.469 e. The van der Waals surface area contributed by atoms with Gasteiger partial charge < -0.3 is 14.2 Å². The number of carbonyl (C=O) groups excluding carboxylic acids is 2. The molecule has 2 rings (SSSR count). The fourth-order valence-corrected chi connectivity index (χ4v) is 2.85. The lowest BCUT2D eigenvalue weighted by atomic mass is 9.88. The van der Waals surface area contributed by atoms with Crippen molar-refractivity contribution in [3.8, 4) is 0 Å². The largest absolute Gasteiger partial charge is 0.469 e. The lowest BCUT2D eigenvalue weighted by molar-refractivity contribution is -0.147. The van der Waals surface area contributed by atoms with Crippen LogP contribution in [-0.2, 0) is 19.0 Å². The van der Waals surface area contributed by atoms with Crippen LogP contribution in [0.15, 0.2) is 24.8 Å². The van der Waals surface area contributed by atoms with Crippen LogP contribution in [0.4, 0.5) is 4.79 Å². The molecule has 1 amide bonds. The van der Waals surface area contributed by atoms with Gasteiger partial charge in [-0.2, -0.15) is 0 Å². The Morgan fingerprint density at radius 1 is 1.32 bits per heavy atom. The summed E-state index contributed by atoms with van der Waals surface area (Å²) in [6.07, 6.45) is 4.13. The van der Waals surface area contributed by atoms with Gasteiger partial charge in [-0.05, 0) is 20.8 Å². The Labute approximate surface area is 130 Å². The molecule has 1 fully saturated rings. The summed E-state index contributed by atoms with van der Waals surface area (Å²) < 4.78 is 16.0. The summed E-state index contributed by atoms with van der Waals surface area (Å²) in [5, 5.41) is 0. The molecule has 2 aliphatic rings. The lowest BCUT2D eigenvalue weighted by Gasteiger charge is -2.35. The first-order chi connectivity index (χ1) is 10.3. The standard InChI is InChI=1S/C16H23NO5/c1-6-9-17(15(19)22-16(2,3)4)13-11-8-7-10(21-11)12(13)14(18)20-5/h6-8,10-13H,1,9H2,2-5H3/t10-,11+,12+,13+/m0/s1. The number of carbonyl (C=O) groups is 2. The zero-order valence-corrected chi connectivity index (χ0v) is 13.4. The first-order valence-corrected chi connectivity index (χ1v) is 7.30. The average molecular weight is 309 g/mol. The van der Waals surface area contributed by atoms with Crippen molar-refractivity contribution in [2.75, 3.05) is 13.7 Å². The van der Waals surface area contributed by atoms with Crippen molar-refractivity contribution in [2.24, 2.45) is 5.92 Å². The van der Waals surface area contributed by atoms with Crippen molar-refractivity contribution in [1.29, 1.82) is 0 Å². The van der Waals surface area contributed by atoms with E-state index in [4.69, 9.17) is 14.2 Å². The molecular formula is C16H23NO5. The molecule has 0 saturated carbocycles. The van der Waals surface area contributed by atoms with Crippen molar-refractivity contribution in [2.45, 2.75) is 44.6 Å². The van der Waals surface area contributed by atoms with Crippen molar-refractivity contribution in [3.05, 3.63) is 24.8 Å². The van der Waals surface area contributed by atoms with Crippen molar-refractivity contribution >= 4 is 12.1 Å². The van der Waals surface area contributed by atoms with Crippen LogP contribution >= 0.6 is 0 Å². The van der Waals surface area contributed by atoms with Crippen LogP contribution < -0.4 is 0 Å². The lowest BCUT2D eigenvalue weighted by Crippen LogP contribution is -2.52. The Bertz CT molecular complexity index is 493. The molecule has 0 N–H and O–H groups in total. The molecule has 0 spiro atoms. The van der Waals surface area contributed by atoms with Gasteiger partial charge in [-0.3, -0.25) is 9.69 Å². The van der Waals surface area contributed by atoms with Crippen LogP contribution in [-0.4, -0.2) is 54.5 Å². The number of fused-ring (bicyclic) bond motifs is 2. The smallest absolute Gasteiger partial charge is 0.410 e. The minimum absolute atomic E-state index is 0.271. The van der Waals surface area contributed by atoms with E-state index in [1.54, 1.807) is 26.8 Å². The highest BCUT2D eigenvalue weighted by Gasteiger charge is 2.54. The molecule has 2 heterocycles. The average Bonchev–Trinajstić information content (AvgIpc) is 3.02. The second-order valence-corrected chi connectivity index (χ2v) is 6.41. The maximum Gasteiger partial charge on any atom is 0.410 e. The number of nitrogens with zero attached hydrogens (tertiary/aromatic N) is 1. The molecule has 0 aromatic heterocycles. The van der Waals surface area contributed by atoms with Gasteiger partial charge >= 0.3 is 12.1 Å². The van der Waals surface area contributed by atoms with Crippen molar-refractivity contribution in [3.63, 3.8) is 0 Å². The molecule has 4 atom stereocenters. The molecule has 6 heteroatoms. The van der Waals surface area contributed by atoms with Crippen LogP contribution in [0.1, 0.15) is 20.8 Å². The molecule has 6 nitrogen and oxygen atoms in total. The normalized spacial score (nSPS) is 29.3. The number of rotatable bonds is 4. The molecule has 0 unspecified atom stereocenters. The van der Waals surface area contributed by atoms with Crippen molar-refractivity contribution in [1.82, 2.24) is 4.90 Å². The van der Waals surface area contributed by atoms with Gasteiger partial charge in [0.05, 0.1) is 25.4 Å². The third-order valence-corrected chi connectivity index (χ3v) is 3.65. The summed E-state index contributed by atoms with van der Waals surface area (Å²) in [6, 6.07) is -0.449. The highest BCUT2D eigenvalue weighted by atomic mass is 16.6. The Hall–Kier alpha value is -1.82. The highest BCUT2D eigenvalue weighted by Crippen LogP contribution is 2.38. The molecule has 2 aliphatic heterocycles. The van der Waals surface area contributed by atoms with Crippen LogP contribution in [0.5, 0.6) is 0 Å². The number of esters is 1. The maximum absolute atomic E-state index is 12.5. The number of amides is 1. The van der Waals surface area contributed by atoms with E-state index >= 15 is 0 Å². The summed E-state index contributed by atoms with van der Waals surface area (Å²) in [5.41, 5.74) is -0.619. The molecule has 0 aliphatic carbocycles. The van der Waals surface area contributed by atoms with Gasteiger partial charge in [0, 0.05) is 6.54 Å². The SMILES string of the molecule is C=CCN(C(=O)OC(C)(C)C)[C@H]1[C@H](C(=O)OC)[C@@H]2C=C[C@H]1O2. The highest BCUT2D eigenvalue weighted by molar-refractivity contribution is 5.77. The molecule has 22 heavy (non-hydrogen) atoms. The number of methoxy groups -OCH3 is 1. The first-order valence-electron chi connectivity index (χ1n) is 7.30. The summed E-state index contributed by atoms with van der Waals surface area (Å²) in [4.78, 5) is 26.1. The zero-order valence-electron chi connectivity index (χ0n) is 13.4. The van der Waals surface area contributed by atoms with E-state index in [1.807, 2.05) is 12.2 Å². The number of ether oxygens (including phenoxy) is 3. The van der Waals surface area contributed by atoms with Gasteiger partial charge in [0.2, 0.25) is 0 Å². The molecule has 1 saturated heterocycles. The predicted molar refractivity (Wildman–Crippen MR) is 80.2 cm³/mol. The number of hydrogen-bond acceptors (Lipinski definition) is 5. The summed E-state index contributed by atoms with van der Waals surface area (Å²) in [5.74, 6) is -0.938. The zero-order chi connectivity index (χ0) is 16.5. The molecule has 2 bridgehead atoms. The van der Waals surface area contributed by atoms with Gasteiger partial charge in [-0.25, -0.2) is 4.79 Å². The van der Waals surface area contributed by atoms with E-state index in [9.17, 15) is 9.59 Å². The first kappa shape index (κ1) is 16.5. The van der Waals surface area contributed by atoms with Crippen LogP contribution in [0.2, 0.25) is 0 Å². The molecular weight excluding hydrogens is 286 g/mol. The van der Waals surface area contributed by atoms with Gasteiger partial charge in [0.1, 0.15) is 11.5 Å². The third-order valence-electron chi connectivity index (χ3n) is 3.65. The van der Waals surface area contributed by atoms with Crippen LogP contribution in [0, 0.1) is 5.92 Å². The second-order valence-electron chi connectivity index (χ2n) is 6.41. The fraction of sp³-hybridized carbons (Fsp3) is 0.625. The van der Waals surface area contributed by atoms with E-state index in [2.05, 4.69) is 6.58 Å². The van der Waals surface area contributed by atoms with Gasteiger partial charge in [0.25, 0.3) is 0 Å². The van der Waals surface area contributed by atoms with Gasteiger partial charge in [-0.15, -0.1) is 6.58 Å². The molecule has 122 valence electrons. The van der Waals surface area contributed by atoms with Crippen molar-refractivity contribution < 1.29 is 23.8 Å². The Morgan fingerprint density at radius 2 is 1.95 bits per heavy atom. The van der Waals surface area contributed by atoms with Gasteiger partial charge in [-0.1, -0.05) is 18.2 Å². The van der Waals surface area contributed by atoms with E-state index in [0.29, 0.717) is 0 Å². The van der Waals surface area contributed by atoms with Crippen LogP contribution in [0.3, 0.4) is 0 Å². The third kappa shape index (κ3) is 3.16. The van der Waals surface area contributed by atoms with Crippen LogP contribution in [0.25, 0.3) is 0 Å². The van der Waals surface area contributed by atoms with Gasteiger partial charge in [0.15, 0.2) is 0 Å². The molecule has 0 aromatic rings. The monoisotopic (exact) mass is 309 g/mol. The topological polar surface area (TPSA) is 65.1 Å². The Morgan fingerprint density at radius 3 is 2.50 bits per heavy atom. The maximum atomic E-state index is 12.5. The fourth-order valence-electron chi connectivity index (χ4n) is 2.85. The quantitative estimate of drug-likeness (QED) is 0.586. The number of hydrogen-bond donors (Lipinski definition) is 0. The summed E-state index contributed by atoms with van der Waals surface area (Å²) in [6.45, 7) is 9.34. The van der Waals surface area contributed by atoms with E-state index < -0.39 is 23.7 Å². The molecule has 0 aromatic carbocycles. The second kappa shape index (κ2) is 6.12.